The van der Waals surface area contributed by atoms with E-state index in [2.05, 4.69) is 44.0 Å². The molecule has 0 aliphatic heterocycles. The average molecular weight is 559 g/mol. The second kappa shape index (κ2) is 14.3. The molecule has 3 aromatic rings. The predicted octanol–water partition coefficient (Wildman–Crippen LogP) is 2.60. The topological polar surface area (TPSA) is 127 Å². The fourth-order valence-electron chi connectivity index (χ4n) is 4.45. The third-order valence-electron chi connectivity index (χ3n) is 6.69. The molecular formula is C27H42N8O3S. The summed E-state index contributed by atoms with van der Waals surface area (Å²) < 4.78 is 32.2. The van der Waals surface area contributed by atoms with Crippen LogP contribution in [0.25, 0.3) is 0 Å². The molecule has 0 fully saturated rings. The monoisotopic (exact) mass is 558 g/mol. The number of sulfonamides is 1. The summed E-state index contributed by atoms with van der Waals surface area (Å²) in [7, 11) is -1.82. The number of nitrogens with zero attached hydrogens (tertiary/aromatic N) is 6. The molecule has 2 N–H and O–H groups in total. The summed E-state index contributed by atoms with van der Waals surface area (Å²) in [4.78, 5) is 19.6. The van der Waals surface area contributed by atoms with Crippen molar-refractivity contribution >= 4 is 15.9 Å². The van der Waals surface area contributed by atoms with Crippen molar-refractivity contribution in [1.29, 1.82) is 0 Å². The highest BCUT2D eigenvalue weighted by Gasteiger charge is 2.24. The predicted molar refractivity (Wildman–Crippen MR) is 152 cm³/mol. The van der Waals surface area contributed by atoms with Crippen LogP contribution in [-0.4, -0.2) is 69.2 Å². The van der Waals surface area contributed by atoms with Gasteiger partial charge in [-0.25, -0.2) is 18.1 Å². The molecule has 1 amide bonds. The van der Waals surface area contributed by atoms with Crippen molar-refractivity contribution in [3.8, 4) is 0 Å². The maximum atomic E-state index is 13.1. The highest BCUT2D eigenvalue weighted by Crippen LogP contribution is 2.19. The van der Waals surface area contributed by atoms with E-state index in [0.29, 0.717) is 43.1 Å². The molecule has 0 bridgehead atoms. The van der Waals surface area contributed by atoms with E-state index >= 15 is 0 Å². The van der Waals surface area contributed by atoms with Crippen LogP contribution < -0.4 is 10.0 Å². The number of aromatic nitrogens is 5. The second-order valence-corrected chi connectivity index (χ2v) is 11.4. The normalized spacial score (nSPS) is 12.7. The molecule has 214 valence electrons. The molecule has 2 heterocycles. The molecule has 3 rings (SSSR count). The number of amides is 1. The van der Waals surface area contributed by atoms with Crippen molar-refractivity contribution in [2.24, 2.45) is 7.05 Å². The lowest BCUT2D eigenvalue weighted by molar-refractivity contribution is 0.0938. The lowest BCUT2D eigenvalue weighted by Gasteiger charge is -2.19. The molecule has 12 heteroatoms. The zero-order chi connectivity index (χ0) is 28.4. The fraction of sp³-hybridized carbons (Fsp3) is 0.556. The first-order valence-corrected chi connectivity index (χ1v) is 15.3. The minimum absolute atomic E-state index is 0.0333. The van der Waals surface area contributed by atoms with E-state index in [9.17, 15) is 13.2 Å². The molecule has 1 atom stereocenters. The van der Waals surface area contributed by atoms with Crippen LogP contribution in [-0.2, 0) is 36.6 Å². The Balaban J connectivity index is 1.73. The smallest absolute Gasteiger partial charge is 0.269 e. The van der Waals surface area contributed by atoms with Crippen LogP contribution in [0.5, 0.6) is 0 Å². The Hall–Kier alpha value is -3.09. The Labute approximate surface area is 232 Å². The van der Waals surface area contributed by atoms with Crippen LogP contribution >= 0.6 is 0 Å². The Morgan fingerprint density at radius 3 is 2.49 bits per heavy atom. The zero-order valence-corrected chi connectivity index (χ0v) is 24.5. The first-order chi connectivity index (χ1) is 18.7. The second-order valence-electron chi connectivity index (χ2n) is 9.57. The maximum Gasteiger partial charge on any atom is 0.269 e. The Bertz CT molecular complexity index is 1300. The lowest BCUT2D eigenvalue weighted by atomic mass is 10.1. The molecular weight excluding hydrogens is 516 g/mol. The van der Waals surface area contributed by atoms with Crippen LogP contribution in [0.1, 0.15) is 73.0 Å². The molecule has 0 radical (unpaired) electrons. The highest BCUT2D eigenvalue weighted by molar-refractivity contribution is 7.89. The Morgan fingerprint density at radius 1 is 1.10 bits per heavy atom. The molecule has 1 aromatic carbocycles. The summed E-state index contributed by atoms with van der Waals surface area (Å²) >= 11 is 0. The van der Waals surface area contributed by atoms with E-state index in [1.165, 1.54) is 0 Å². The van der Waals surface area contributed by atoms with Gasteiger partial charge in [-0.05, 0) is 64.4 Å². The molecule has 39 heavy (non-hydrogen) atoms. The molecule has 2 aromatic heterocycles. The molecule has 0 aliphatic rings. The molecule has 0 unspecified atom stereocenters. The van der Waals surface area contributed by atoms with Crippen LogP contribution in [0.3, 0.4) is 0 Å². The van der Waals surface area contributed by atoms with Crippen molar-refractivity contribution in [3.05, 3.63) is 65.0 Å². The molecule has 0 saturated heterocycles. The van der Waals surface area contributed by atoms with Crippen molar-refractivity contribution in [3.63, 3.8) is 0 Å². The summed E-state index contributed by atoms with van der Waals surface area (Å²) in [6, 6.07) is 11.1. The number of aryl methyl sites for hydroxylation is 4. The molecule has 0 aliphatic carbocycles. The van der Waals surface area contributed by atoms with Gasteiger partial charge in [-0.15, -0.1) is 0 Å². The first kappa shape index (κ1) is 30.5. The van der Waals surface area contributed by atoms with Crippen LogP contribution in [0.2, 0.25) is 0 Å². The summed E-state index contributed by atoms with van der Waals surface area (Å²) in [5, 5.41) is 11.7. The quantitative estimate of drug-likeness (QED) is 0.277. The number of benzene rings is 1. The molecule has 0 saturated carbocycles. The van der Waals surface area contributed by atoms with Gasteiger partial charge in [-0.3, -0.25) is 14.2 Å². The van der Waals surface area contributed by atoms with Gasteiger partial charge in [0.25, 0.3) is 5.91 Å². The average Bonchev–Trinajstić information content (AvgIpc) is 3.49. The minimum atomic E-state index is -3.56. The number of carbonyl (C=O) groups is 1. The maximum absolute atomic E-state index is 13.1. The van der Waals surface area contributed by atoms with Crippen molar-refractivity contribution in [1.82, 2.24) is 39.5 Å². The van der Waals surface area contributed by atoms with E-state index in [1.807, 2.05) is 44.2 Å². The summed E-state index contributed by atoms with van der Waals surface area (Å²) in [6.07, 6.45) is 1.71. The lowest BCUT2D eigenvalue weighted by Crippen LogP contribution is -2.33. The standard InChI is InChI=1S/C27H42N8O3S/c1-6-34(7-2)17-12-18-39(37,38)32-23(16-15-22-13-10-9-11-14-22)26-29-25(33(5)31-26)20-28-27(36)24-19-21(4)30-35(24)8-3/h9-11,13-14,19,23,32H,6-8,12,15-18,20H2,1-5H3,(H,28,36)/t23-/m1/s1. The number of nitrogens with one attached hydrogen (secondary N) is 2. The largest absolute Gasteiger partial charge is 0.343 e. The van der Waals surface area contributed by atoms with Gasteiger partial charge >= 0.3 is 0 Å². The van der Waals surface area contributed by atoms with Gasteiger partial charge in [0.05, 0.1) is 24.0 Å². The van der Waals surface area contributed by atoms with E-state index in [4.69, 9.17) is 0 Å². The van der Waals surface area contributed by atoms with Gasteiger partial charge < -0.3 is 10.2 Å². The van der Waals surface area contributed by atoms with Gasteiger partial charge in [-0.1, -0.05) is 44.2 Å². The van der Waals surface area contributed by atoms with E-state index in [1.54, 1.807) is 22.5 Å². The third-order valence-corrected chi connectivity index (χ3v) is 8.16. The van der Waals surface area contributed by atoms with E-state index in [0.717, 1.165) is 30.9 Å². The van der Waals surface area contributed by atoms with Crippen LogP contribution in [0.4, 0.5) is 0 Å². The number of hydrogen-bond donors (Lipinski definition) is 2. The number of hydrogen-bond acceptors (Lipinski definition) is 7. The van der Waals surface area contributed by atoms with Crippen molar-refractivity contribution < 1.29 is 13.2 Å². The summed E-state index contributed by atoms with van der Waals surface area (Å²) in [5.41, 5.74) is 2.36. The number of rotatable bonds is 16. The van der Waals surface area contributed by atoms with Crippen LogP contribution in [0.15, 0.2) is 36.4 Å². The zero-order valence-electron chi connectivity index (χ0n) is 23.7. The highest BCUT2D eigenvalue weighted by atomic mass is 32.2. The van der Waals surface area contributed by atoms with Crippen LogP contribution in [0, 0.1) is 6.92 Å². The van der Waals surface area contributed by atoms with Gasteiger partial charge in [-0.2, -0.15) is 10.2 Å². The Morgan fingerprint density at radius 2 is 1.82 bits per heavy atom. The van der Waals surface area contributed by atoms with Gasteiger partial charge in [0, 0.05) is 13.6 Å². The van der Waals surface area contributed by atoms with E-state index in [-0.39, 0.29) is 18.2 Å². The first-order valence-electron chi connectivity index (χ1n) is 13.6. The molecule has 0 spiro atoms. The van der Waals surface area contributed by atoms with E-state index < -0.39 is 16.1 Å². The van der Waals surface area contributed by atoms with Crippen molar-refractivity contribution in [2.45, 2.75) is 66.1 Å². The summed E-state index contributed by atoms with van der Waals surface area (Å²) in [6.45, 7) is 11.2. The fourth-order valence-corrected chi connectivity index (χ4v) is 5.73. The third kappa shape index (κ3) is 8.97. The van der Waals surface area contributed by atoms with Gasteiger partial charge in [0.2, 0.25) is 10.0 Å². The van der Waals surface area contributed by atoms with Gasteiger partial charge in [0.15, 0.2) is 5.82 Å². The SMILES string of the molecule is CCN(CC)CCCS(=O)(=O)N[C@H](CCc1ccccc1)c1nc(CNC(=O)c2cc(C)nn2CC)n(C)n1. The van der Waals surface area contributed by atoms with Gasteiger partial charge in [0.1, 0.15) is 11.5 Å². The number of carbonyl (C=O) groups excluding carboxylic acids is 1. The van der Waals surface area contributed by atoms with Crippen molar-refractivity contribution in [2.75, 3.05) is 25.4 Å². The summed E-state index contributed by atoms with van der Waals surface area (Å²) in [5.74, 6) is 0.699. The Kier molecular flexibility index (Phi) is 11.2. The molecule has 11 nitrogen and oxygen atoms in total. The minimum Gasteiger partial charge on any atom is -0.343 e.